The summed E-state index contributed by atoms with van der Waals surface area (Å²) in [6.45, 7) is 2.92. The molecule has 0 bridgehead atoms. The van der Waals surface area contributed by atoms with Crippen molar-refractivity contribution in [3.8, 4) is 12.3 Å². The second kappa shape index (κ2) is 9.97. The van der Waals surface area contributed by atoms with Gasteiger partial charge in [0.2, 0.25) is 11.8 Å². The molecule has 26 heavy (non-hydrogen) atoms. The van der Waals surface area contributed by atoms with E-state index in [-0.39, 0.29) is 24.2 Å². The molecule has 2 heterocycles. The van der Waals surface area contributed by atoms with E-state index < -0.39 is 12.0 Å². The van der Waals surface area contributed by atoms with Crippen molar-refractivity contribution in [1.29, 1.82) is 0 Å². The number of rotatable bonds is 6. The van der Waals surface area contributed by atoms with Gasteiger partial charge in [0.15, 0.2) is 0 Å². The molecule has 0 spiro atoms. The van der Waals surface area contributed by atoms with Crippen molar-refractivity contribution in [3.63, 3.8) is 0 Å². The number of hydrogen-bond acceptors (Lipinski definition) is 4. The molecule has 0 aliphatic carbocycles. The predicted octanol–water partition coefficient (Wildman–Crippen LogP) is 0.374. The van der Waals surface area contributed by atoms with Crippen LogP contribution in [0.3, 0.4) is 0 Å². The summed E-state index contributed by atoms with van der Waals surface area (Å²) in [7, 11) is 0. The number of hydrogen-bond donors (Lipinski definition) is 3. The van der Waals surface area contributed by atoms with Gasteiger partial charge in [-0.15, -0.1) is 6.42 Å². The molecule has 1 unspecified atom stereocenters. The molecular formula is C19H27N3O4. The van der Waals surface area contributed by atoms with Crippen LogP contribution in [-0.2, 0) is 14.4 Å². The Labute approximate surface area is 154 Å². The minimum Gasteiger partial charge on any atom is -0.481 e. The van der Waals surface area contributed by atoms with Gasteiger partial charge in [0.25, 0.3) is 0 Å². The van der Waals surface area contributed by atoms with E-state index in [1.807, 2.05) is 6.08 Å². The van der Waals surface area contributed by atoms with Gasteiger partial charge >= 0.3 is 5.97 Å². The molecule has 7 heteroatoms. The number of aliphatic carboxylic acids is 1. The maximum atomic E-state index is 12.4. The van der Waals surface area contributed by atoms with E-state index in [2.05, 4.69) is 16.6 Å². The summed E-state index contributed by atoms with van der Waals surface area (Å²) >= 11 is 0. The number of allylic oxidation sites excluding steroid dienone is 1. The molecule has 0 saturated carbocycles. The second-order valence-electron chi connectivity index (χ2n) is 6.90. The van der Waals surface area contributed by atoms with Gasteiger partial charge in [0, 0.05) is 13.1 Å². The number of nitrogens with one attached hydrogen (secondary N) is 2. The Morgan fingerprint density at radius 1 is 1.31 bits per heavy atom. The van der Waals surface area contributed by atoms with Crippen LogP contribution in [0.2, 0.25) is 0 Å². The highest BCUT2D eigenvalue weighted by Gasteiger charge is 2.29. The summed E-state index contributed by atoms with van der Waals surface area (Å²) in [4.78, 5) is 37.2. The first-order valence-electron chi connectivity index (χ1n) is 9.15. The Kier molecular flexibility index (Phi) is 7.67. The topological polar surface area (TPSA) is 98.7 Å². The van der Waals surface area contributed by atoms with Gasteiger partial charge < -0.3 is 20.6 Å². The lowest BCUT2D eigenvalue weighted by molar-refractivity contribution is -0.137. The highest BCUT2D eigenvalue weighted by molar-refractivity contribution is 5.88. The van der Waals surface area contributed by atoms with Gasteiger partial charge in [-0.05, 0) is 50.8 Å². The highest BCUT2D eigenvalue weighted by atomic mass is 16.4. The van der Waals surface area contributed by atoms with Crippen molar-refractivity contribution in [2.24, 2.45) is 11.8 Å². The molecule has 3 N–H and O–H groups in total. The molecule has 0 aromatic rings. The van der Waals surface area contributed by atoms with Crippen molar-refractivity contribution in [2.75, 3.05) is 26.2 Å². The number of carbonyl (C=O) groups is 3. The zero-order valence-corrected chi connectivity index (χ0v) is 14.9. The first-order valence-corrected chi connectivity index (χ1v) is 9.15. The van der Waals surface area contributed by atoms with Crippen LogP contribution in [0.25, 0.3) is 0 Å². The third-order valence-corrected chi connectivity index (χ3v) is 4.90. The van der Waals surface area contributed by atoms with Crippen molar-refractivity contribution in [2.45, 2.75) is 38.1 Å². The summed E-state index contributed by atoms with van der Waals surface area (Å²) < 4.78 is 0. The van der Waals surface area contributed by atoms with Crippen LogP contribution in [0.15, 0.2) is 12.2 Å². The smallest absolute Gasteiger partial charge is 0.306 e. The molecule has 2 aliphatic rings. The van der Waals surface area contributed by atoms with Gasteiger partial charge in [0.05, 0.1) is 12.3 Å². The summed E-state index contributed by atoms with van der Waals surface area (Å²) in [5.41, 5.74) is 0. The van der Waals surface area contributed by atoms with E-state index >= 15 is 0 Å². The number of nitrogens with zero attached hydrogens (tertiary/aromatic N) is 1. The maximum Gasteiger partial charge on any atom is 0.306 e. The number of carboxylic acids is 1. The lowest BCUT2D eigenvalue weighted by atomic mass is 9.95. The largest absolute Gasteiger partial charge is 0.481 e. The Morgan fingerprint density at radius 3 is 2.69 bits per heavy atom. The summed E-state index contributed by atoms with van der Waals surface area (Å²) in [5, 5.41) is 14.7. The van der Waals surface area contributed by atoms with E-state index in [9.17, 15) is 14.4 Å². The third kappa shape index (κ3) is 6.19. The van der Waals surface area contributed by atoms with E-state index in [1.54, 1.807) is 11.0 Å². The van der Waals surface area contributed by atoms with Gasteiger partial charge in [-0.2, -0.15) is 0 Å². The van der Waals surface area contributed by atoms with Crippen LogP contribution in [0.1, 0.15) is 32.1 Å². The minimum atomic E-state index is -1.06. The first-order chi connectivity index (χ1) is 12.5. The fourth-order valence-corrected chi connectivity index (χ4v) is 3.37. The molecular weight excluding hydrogens is 334 g/mol. The number of carboxylic acid groups (broad SMARTS) is 1. The number of terminal acetylenes is 1. The molecule has 0 aromatic carbocycles. The van der Waals surface area contributed by atoms with Gasteiger partial charge in [-0.1, -0.05) is 12.0 Å². The molecule has 2 fully saturated rings. The maximum absolute atomic E-state index is 12.4. The molecule has 2 saturated heterocycles. The van der Waals surface area contributed by atoms with Crippen LogP contribution >= 0.6 is 0 Å². The molecule has 0 radical (unpaired) electrons. The lowest BCUT2D eigenvalue weighted by Gasteiger charge is -2.32. The van der Waals surface area contributed by atoms with Crippen LogP contribution in [0.5, 0.6) is 0 Å². The molecule has 7 nitrogen and oxygen atoms in total. The quantitative estimate of drug-likeness (QED) is 0.469. The first kappa shape index (κ1) is 20.0. The molecule has 142 valence electrons. The Balaban J connectivity index is 1.86. The van der Waals surface area contributed by atoms with Crippen LogP contribution < -0.4 is 10.6 Å². The number of carbonyl (C=O) groups excluding carboxylic acids is 2. The average Bonchev–Trinajstić information content (AvgIpc) is 2.66. The summed E-state index contributed by atoms with van der Waals surface area (Å²) in [5.74, 6) is 0.944. The van der Waals surface area contributed by atoms with Gasteiger partial charge in [-0.25, -0.2) is 0 Å². The monoisotopic (exact) mass is 361 g/mol. The molecule has 0 aromatic heterocycles. The molecule has 2 aliphatic heterocycles. The Bertz CT molecular complexity index is 590. The summed E-state index contributed by atoms with van der Waals surface area (Å²) in [6, 6.07) is -0.828. The number of piperidine rings is 2. The van der Waals surface area contributed by atoms with Crippen molar-refractivity contribution in [3.05, 3.63) is 12.2 Å². The molecule has 2 rings (SSSR count). The number of amides is 2. The van der Waals surface area contributed by atoms with E-state index in [0.717, 1.165) is 32.4 Å². The highest BCUT2D eigenvalue weighted by Crippen LogP contribution is 2.18. The Morgan fingerprint density at radius 2 is 2.04 bits per heavy atom. The fraction of sp³-hybridized carbons (Fsp3) is 0.632. The average molecular weight is 361 g/mol. The predicted molar refractivity (Wildman–Crippen MR) is 97.1 cm³/mol. The zero-order valence-electron chi connectivity index (χ0n) is 14.9. The SMILES string of the molecule is C#C[C@H](CC(=O)O)NC(=O)C1CCCN(C(=O)/C=C/C2CCNCC2)C1. The summed E-state index contributed by atoms with van der Waals surface area (Å²) in [6.07, 6.45) is 12.1. The second-order valence-corrected chi connectivity index (χ2v) is 6.90. The third-order valence-electron chi connectivity index (χ3n) is 4.90. The van der Waals surface area contributed by atoms with Crippen molar-refractivity contribution in [1.82, 2.24) is 15.5 Å². The van der Waals surface area contributed by atoms with Crippen LogP contribution in [0, 0.1) is 24.2 Å². The van der Waals surface area contributed by atoms with Gasteiger partial charge in [0.1, 0.15) is 6.04 Å². The Hall–Kier alpha value is -2.33. The molecule has 2 amide bonds. The van der Waals surface area contributed by atoms with E-state index in [1.165, 1.54) is 0 Å². The van der Waals surface area contributed by atoms with E-state index in [4.69, 9.17) is 11.5 Å². The fourth-order valence-electron chi connectivity index (χ4n) is 3.37. The van der Waals surface area contributed by atoms with Crippen molar-refractivity contribution < 1.29 is 19.5 Å². The van der Waals surface area contributed by atoms with Gasteiger partial charge in [-0.3, -0.25) is 14.4 Å². The number of likely N-dealkylation sites (tertiary alicyclic amines) is 1. The zero-order chi connectivity index (χ0) is 18.9. The van der Waals surface area contributed by atoms with Crippen LogP contribution in [0.4, 0.5) is 0 Å². The van der Waals surface area contributed by atoms with Crippen molar-refractivity contribution >= 4 is 17.8 Å². The standard InChI is InChI=1S/C19H27N3O4/c1-2-16(12-18(24)25)21-19(26)15-4-3-11-22(13-15)17(23)6-5-14-7-9-20-10-8-14/h1,5-6,14-16,20H,3-4,7-13H2,(H,21,26)(H,24,25)/b6-5+/t15?,16-/m1/s1. The minimum absolute atomic E-state index is 0.0694. The molecule has 2 atom stereocenters. The van der Waals surface area contributed by atoms with E-state index in [0.29, 0.717) is 25.4 Å². The lowest BCUT2D eigenvalue weighted by Crippen LogP contribution is -2.47. The normalized spacial score (nSPS) is 22.6. The van der Waals surface area contributed by atoms with Crippen LogP contribution in [-0.4, -0.2) is 60.0 Å².